The second-order valence-electron chi connectivity index (χ2n) is 4.56. The maximum absolute atomic E-state index is 11.8. The van der Waals surface area contributed by atoms with Crippen LogP contribution in [0.1, 0.15) is 21.7 Å². The zero-order valence-corrected chi connectivity index (χ0v) is 11.1. The highest BCUT2D eigenvalue weighted by molar-refractivity contribution is 5.93. The van der Waals surface area contributed by atoms with Gasteiger partial charge in [-0.05, 0) is 11.6 Å². The number of nitrogens with two attached hydrogens (primary N) is 1. The standard InChI is InChI=1S/C15H18N2O3/c16-8-14-7-12(10-20-14)15(19)17-9-13(18)6-11-4-2-1-3-5-11/h1-5,7,10,13,18H,6,8-9,16H2,(H,17,19). The molecule has 20 heavy (non-hydrogen) atoms. The molecule has 1 heterocycles. The molecular weight excluding hydrogens is 256 g/mol. The lowest BCUT2D eigenvalue weighted by atomic mass is 10.1. The lowest BCUT2D eigenvalue weighted by Gasteiger charge is -2.11. The molecule has 106 valence electrons. The fourth-order valence-electron chi connectivity index (χ4n) is 1.88. The number of hydrogen-bond donors (Lipinski definition) is 3. The molecule has 1 atom stereocenters. The molecule has 5 nitrogen and oxygen atoms in total. The highest BCUT2D eigenvalue weighted by atomic mass is 16.3. The molecule has 2 aromatic rings. The molecule has 1 aromatic heterocycles. The van der Waals surface area contributed by atoms with E-state index in [0.717, 1.165) is 5.56 Å². The van der Waals surface area contributed by atoms with Crippen molar-refractivity contribution >= 4 is 5.91 Å². The second kappa shape index (κ2) is 6.88. The lowest BCUT2D eigenvalue weighted by Crippen LogP contribution is -2.33. The van der Waals surface area contributed by atoms with E-state index in [1.165, 1.54) is 6.26 Å². The number of amides is 1. The van der Waals surface area contributed by atoms with Crippen LogP contribution in [0.3, 0.4) is 0 Å². The molecule has 4 N–H and O–H groups in total. The van der Waals surface area contributed by atoms with Gasteiger partial charge in [0.25, 0.3) is 5.91 Å². The van der Waals surface area contributed by atoms with E-state index in [9.17, 15) is 9.90 Å². The van der Waals surface area contributed by atoms with Gasteiger partial charge in [0.1, 0.15) is 12.0 Å². The highest BCUT2D eigenvalue weighted by Gasteiger charge is 2.12. The Hall–Kier alpha value is -2.11. The Balaban J connectivity index is 1.81. The normalized spacial score (nSPS) is 12.1. The summed E-state index contributed by atoms with van der Waals surface area (Å²) in [5.41, 5.74) is 6.85. The first-order valence-corrected chi connectivity index (χ1v) is 6.46. The summed E-state index contributed by atoms with van der Waals surface area (Å²) >= 11 is 0. The van der Waals surface area contributed by atoms with E-state index in [4.69, 9.17) is 10.2 Å². The maximum Gasteiger partial charge on any atom is 0.254 e. The molecule has 0 bridgehead atoms. The van der Waals surface area contributed by atoms with Crippen molar-refractivity contribution in [3.05, 3.63) is 59.5 Å². The summed E-state index contributed by atoms with van der Waals surface area (Å²) in [6, 6.07) is 11.2. The molecule has 1 aromatic carbocycles. The van der Waals surface area contributed by atoms with Crippen LogP contribution in [0.4, 0.5) is 0 Å². The Morgan fingerprint density at radius 3 is 2.75 bits per heavy atom. The molecule has 0 saturated carbocycles. The highest BCUT2D eigenvalue weighted by Crippen LogP contribution is 2.07. The van der Waals surface area contributed by atoms with Gasteiger partial charge in [0.2, 0.25) is 0 Å². The third kappa shape index (κ3) is 3.94. The van der Waals surface area contributed by atoms with Gasteiger partial charge in [0, 0.05) is 13.0 Å². The molecule has 0 radical (unpaired) electrons. The molecule has 1 amide bonds. The van der Waals surface area contributed by atoms with Gasteiger partial charge >= 0.3 is 0 Å². The SMILES string of the molecule is NCc1cc(C(=O)NCC(O)Cc2ccccc2)co1. The Morgan fingerprint density at radius 1 is 1.35 bits per heavy atom. The number of hydrogen-bond acceptors (Lipinski definition) is 4. The molecule has 5 heteroatoms. The average Bonchev–Trinajstić information content (AvgIpc) is 2.95. The van der Waals surface area contributed by atoms with Crippen molar-refractivity contribution in [3.63, 3.8) is 0 Å². The summed E-state index contributed by atoms with van der Waals surface area (Å²) in [5.74, 6) is 0.278. The number of aliphatic hydroxyl groups excluding tert-OH is 1. The smallest absolute Gasteiger partial charge is 0.254 e. The second-order valence-corrected chi connectivity index (χ2v) is 4.56. The minimum atomic E-state index is -0.623. The Labute approximate surface area is 117 Å². The van der Waals surface area contributed by atoms with Crippen LogP contribution in [-0.4, -0.2) is 23.7 Å². The van der Waals surface area contributed by atoms with Crippen molar-refractivity contribution in [2.75, 3.05) is 6.54 Å². The number of benzene rings is 1. The third-order valence-electron chi connectivity index (χ3n) is 2.93. The van der Waals surface area contributed by atoms with Crippen molar-refractivity contribution in [1.82, 2.24) is 5.32 Å². The van der Waals surface area contributed by atoms with Crippen molar-refractivity contribution in [2.45, 2.75) is 19.1 Å². The molecule has 0 aliphatic rings. The van der Waals surface area contributed by atoms with Crippen LogP contribution < -0.4 is 11.1 Å². The van der Waals surface area contributed by atoms with E-state index in [2.05, 4.69) is 5.32 Å². The Kier molecular flexibility index (Phi) is 4.92. The van der Waals surface area contributed by atoms with Gasteiger partial charge in [-0.25, -0.2) is 0 Å². The van der Waals surface area contributed by atoms with Crippen LogP contribution in [0.5, 0.6) is 0 Å². The molecular formula is C15H18N2O3. The van der Waals surface area contributed by atoms with Crippen molar-refractivity contribution in [3.8, 4) is 0 Å². The first kappa shape index (κ1) is 14.3. The van der Waals surface area contributed by atoms with Crippen LogP contribution in [0.2, 0.25) is 0 Å². The molecule has 0 fully saturated rings. The van der Waals surface area contributed by atoms with Gasteiger partial charge < -0.3 is 20.6 Å². The number of carbonyl (C=O) groups is 1. The van der Waals surface area contributed by atoms with Crippen molar-refractivity contribution < 1.29 is 14.3 Å². The zero-order chi connectivity index (χ0) is 14.4. The van der Waals surface area contributed by atoms with Gasteiger partial charge in [-0.1, -0.05) is 30.3 Å². The van der Waals surface area contributed by atoms with Gasteiger partial charge in [-0.2, -0.15) is 0 Å². The van der Waals surface area contributed by atoms with Gasteiger partial charge in [0.05, 0.1) is 18.2 Å². The summed E-state index contributed by atoms with van der Waals surface area (Å²) < 4.78 is 5.09. The summed E-state index contributed by atoms with van der Waals surface area (Å²) in [6.07, 6.45) is 1.24. The van der Waals surface area contributed by atoms with E-state index in [-0.39, 0.29) is 19.0 Å². The van der Waals surface area contributed by atoms with Crippen LogP contribution in [0.25, 0.3) is 0 Å². The van der Waals surface area contributed by atoms with E-state index in [1.807, 2.05) is 30.3 Å². The molecule has 1 unspecified atom stereocenters. The first-order chi connectivity index (χ1) is 9.69. The van der Waals surface area contributed by atoms with E-state index in [1.54, 1.807) is 6.07 Å². The number of furan rings is 1. The Bertz CT molecular complexity index is 551. The van der Waals surface area contributed by atoms with Crippen molar-refractivity contribution in [2.24, 2.45) is 5.73 Å². The largest absolute Gasteiger partial charge is 0.467 e. The van der Waals surface area contributed by atoms with E-state index >= 15 is 0 Å². The van der Waals surface area contributed by atoms with Gasteiger partial charge in [-0.15, -0.1) is 0 Å². The van der Waals surface area contributed by atoms with Crippen LogP contribution in [0.15, 0.2) is 47.1 Å². The summed E-state index contributed by atoms with van der Waals surface area (Å²) in [5, 5.41) is 12.6. The predicted octanol–water partition coefficient (Wildman–Crippen LogP) is 1.07. The summed E-state index contributed by atoms with van der Waals surface area (Å²) in [7, 11) is 0. The Morgan fingerprint density at radius 2 is 2.10 bits per heavy atom. The predicted molar refractivity (Wildman–Crippen MR) is 75.1 cm³/mol. The topological polar surface area (TPSA) is 88.5 Å². The van der Waals surface area contributed by atoms with E-state index in [0.29, 0.717) is 17.7 Å². The van der Waals surface area contributed by atoms with E-state index < -0.39 is 6.10 Å². The van der Waals surface area contributed by atoms with Gasteiger partial charge in [0.15, 0.2) is 0 Å². The van der Waals surface area contributed by atoms with Gasteiger partial charge in [-0.3, -0.25) is 4.79 Å². The zero-order valence-electron chi connectivity index (χ0n) is 11.1. The summed E-state index contributed by atoms with van der Waals surface area (Å²) in [4.78, 5) is 11.8. The molecule has 0 aliphatic heterocycles. The quantitative estimate of drug-likeness (QED) is 0.735. The molecule has 0 aliphatic carbocycles. The monoisotopic (exact) mass is 274 g/mol. The minimum Gasteiger partial charge on any atom is -0.467 e. The maximum atomic E-state index is 11.8. The fraction of sp³-hybridized carbons (Fsp3) is 0.267. The number of aliphatic hydroxyl groups is 1. The number of rotatable bonds is 6. The molecule has 2 rings (SSSR count). The first-order valence-electron chi connectivity index (χ1n) is 6.46. The van der Waals surface area contributed by atoms with Crippen molar-refractivity contribution in [1.29, 1.82) is 0 Å². The van der Waals surface area contributed by atoms with Crippen LogP contribution in [-0.2, 0) is 13.0 Å². The summed E-state index contributed by atoms with van der Waals surface area (Å²) in [6.45, 7) is 0.445. The number of nitrogens with one attached hydrogen (secondary N) is 1. The number of carbonyl (C=O) groups excluding carboxylic acids is 1. The van der Waals surface area contributed by atoms with Crippen LogP contribution in [0, 0.1) is 0 Å². The fourth-order valence-corrected chi connectivity index (χ4v) is 1.88. The molecule has 0 saturated heterocycles. The average molecular weight is 274 g/mol. The van der Waals surface area contributed by atoms with Crippen LogP contribution >= 0.6 is 0 Å². The minimum absolute atomic E-state index is 0.191. The lowest BCUT2D eigenvalue weighted by molar-refractivity contribution is 0.0915. The third-order valence-corrected chi connectivity index (χ3v) is 2.93. The molecule has 0 spiro atoms.